The molecule has 1 rings (SSSR count). The minimum absolute atomic E-state index is 0.0661. The van der Waals surface area contributed by atoms with Crippen LogP contribution in [0.5, 0.6) is 0 Å². The summed E-state index contributed by atoms with van der Waals surface area (Å²) in [5.74, 6) is -1.79. The van der Waals surface area contributed by atoms with Gasteiger partial charge in [0.25, 0.3) is 0 Å². The number of aliphatic carboxylic acids is 2. The van der Waals surface area contributed by atoms with E-state index < -0.39 is 18.2 Å². The normalized spacial score (nSPS) is 20.8. The number of hydrogen-bond donors (Lipinski definition) is 4. The number of nitrogens with one attached hydrogen (secondary N) is 1. The van der Waals surface area contributed by atoms with Gasteiger partial charge in [-0.15, -0.1) is 0 Å². The van der Waals surface area contributed by atoms with Gasteiger partial charge in [-0.05, 0) is 7.05 Å². The number of carbonyl (C=O) groups is 2. The maximum absolute atomic E-state index is 10.9. The van der Waals surface area contributed by atoms with E-state index in [1.54, 1.807) is 16.8 Å². The Balaban J connectivity index is 2.67. The Labute approximate surface area is 130 Å². The molecule has 1 atom stereocenters. The van der Waals surface area contributed by atoms with Crippen LogP contribution in [0.4, 0.5) is 0 Å². The molecule has 1 saturated heterocycles. The molecule has 1 fully saturated rings. The Kier molecular flexibility index (Phi) is 8.28. The van der Waals surface area contributed by atoms with E-state index in [2.05, 4.69) is 5.32 Å². The molecule has 0 aromatic carbocycles. The van der Waals surface area contributed by atoms with Crippen LogP contribution >= 0.6 is 0 Å². The van der Waals surface area contributed by atoms with Crippen molar-refractivity contribution < 1.29 is 24.9 Å². The van der Waals surface area contributed by atoms with Crippen molar-refractivity contribution >= 4 is 11.9 Å². The van der Waals surface area contributed by atoms with E-state index in [1.807, 2.05) is 4.90 Å². The lowest BCUT2D eigenvalue weighted by Gasteiger charge is -2.26. The number of carboxylic acid groups (broad SMARTS) is 2. The molecule has 4 N–H and O–H groups in total. The first-order valence-electron chi connectivity index (χ1n) is 7.36. The van der Waals surface area contributed by atoms with E-state index in [9.17, 15) is 14.7 Å². The zero-order valence-electron chi connectivity index (χ0n) is 12.9. The fourth-order valence-electron chi connectivity index (χ4n) is 2.40. The van der Waals surface area contributed by atoms with Crippen molar-refractivity contribution in [2.45, 2.75) is 6.23 Å². The number of β-amino-alcohol motifs (C(OH)–C–C–N with tert-alkyl or cyclic N) is 1. The number of likely N-dealkylation sites (N-methyl/N-ethyl adjacent to an activating group) is 1. The summed E-state index contributed by atoms with van der Waals surface area (Å²) in [7, 11) is 1.66. The molecule has 22 heavy (non-hydrogen) atoms. The van der Waals surface area contributed by atoms with Crippen LogP contribution in [0.25, 0.3) is 0 Å². The van der Waals surface area contributed by atoms with Crippen molar-refractivity contribution in [1.29, 1.82) is 0 Å². The summed E-state index contributed by atoms with van der Waals surface area (Å²) < 4.78 is 0. The van der Waals surface area contributed by atoms with E-state index in [-0.39, 0.29) is 13.1 Å². The number of aliphatic hydroxyl groups excluding tert-OH is 1. The number of carboxylic acids is 2. The van der Waals surface area contributed by atoms with Crippen LogP contribution in [0.1, 0.15) is 0 Å². The average Bonchev–Trinajstić information content (AvgIpc) is 2.51. The maximum Gasteiger partial charge on any atom is 0.317 e. The second kappa shape index (κ2) is 9.70. The van der Waals surface area contributed by atoms with Crippen molar-refractivity contribution in [2.75, 3.05) is 66.0 Å². The molecule has 0 aromatic rings. The van der Waals surface area contributed by atoms with Gasteiger partial charge in [-0.25, -0.2) is 0 Å². The Morgan fingerprint density at radius 2 is 1.27 bits per heavy atom. The number of aliphatic hydroxyl groups is 1. The molecule has 0 amide bonds. The van der Waals surface area contributed by atoms with E-state index in [0.717, 1.165) is 0 Å². The minimum atomic E-state index is -0.897. The van der Waals surface area contributed by atoms with Gasteiger partial charge in [0, 0.05) is 45.8 Å². The van der Waals surface area contributed by atoms with Gasteiger partial charge in [0.2, 0.25) is 0 Å². The molecule has 1 unspecified atom stereocenters. The highest BCUT2D eigenvalue weighted by molar-refractivity contribution is 5.69. The molecule has 128 valence electrons. The van der Waals surface area contributed by atoms with Gasteiger partial charge < -0.3 is 15.3 Å². The fraction of sp³-hybridized carbons (Fsp3) is 0.846. The molecule has 9 heteroatoms. The zero-order chi connectivity index (χ0) is 16.5. The lowest BCUT2D eigenvalue weighted by molar-refractivity contribution is -0.140. The Hall–Kier alpha value is -1.26. The highest BCUT2D eigenvalue weighted by Gasteiger charge is 2.20. The molecular weight excluding hydrogens is 292 g/mol. The Morgan fingerprint density at radius 3 is 1.59 bits per heavy atom. The molecule has 0 aliphatic carbocycles. The van der Waals surface area contributed by atoms with Crippen LogP contribution in [-0.2, 0) is 9.59 Å². The molecule has 9 nitrogen and oxygen atoms in total. The Morgan fingerprint density at radius 1 is 0.909 bits per heavy atom. The molecule has 0 radical (unpaired) electrons. The zero-order valence-corrected chi connectivity index (χ0v) is 12.9. The SMILES string of the molecule is CNC(O)CN1CCN(CC(=O)O)CCN(CC(=O)O)CC1. The fourth-order valence-corrected chi connectivity index (χ4v) is 2.40. The quantitative estimate of drug-likeness (QED) is 0.382. The summed E-state index contributed by atoms with van der Waals surface area (Å²) in [5.41, 5.74) is 0. The van der Waals surface area contributed by atoms with Crippen LogP contribution in [0.3, 0.4) is 0 Å². The summed E-state index contributed by atoms with van der Waals surface area (Å²) in [4.78, 5) is 27.4. The summed E-state index contributed by atoms with van der Waals surface area (Å²) in [6.07, 6.45) is -0.665. The van der Waals surface area contributed by atoms with E-state index in [1.165, 1.54) is 0 Å². The van der Waals surface area contributed by atoms with Gasteiger partial charge in [0.1, 0.15) is 6.23 Å². The first-order valence-corrected chi connectivity index (χ1v) is 7.36. The average molecular weight is 318 g/mol. The van der Waals surface area contributed by atoms with Crippen LogP contribution in [-0.4, -0.2) is 114 Å². The van der Waals surface area contributed by atoms with Gasteiger partial charge in [-0.2, -0.15) is 0 Å². The van der Waals surface area contributed by atoms with Gasteiger partial charge in [0.05, 0.1) is 13.1 Å². The van der Waals surface area contributed by atoms with Gasteiger partial charge in [-0.3, -0.25) is 29.6 Å². The summed E-state index contributed by atoms with van der Waals surface area (Å²) in [5, 5.41) is 30.3. The summed E-state index contributed by atoms with van der Waals surface area (Å²) >= 11 is 0. The van der Waals surface area contributed by atoms with E-state index >= 15 is 0 Å². The molecule has 0 aromatic heterocycles. The van der Waals surface area contributed by atoms with E-state index in [0.29, 0.717) is 45.8 Å². The number of nitrogens with zero attached hydrogens (tertiary/aromatic N) is 3. The molecule has 0 saturated carbocycles. The third-order valence-corrected chi connectivity index (χ3v) is 3.68. The van der Waals surface area contributed by atoms with Gasteiger partial charge >= 0.3 is 11.9 Å². The second-order valence-electron chi connectivity index (χ2n) is 5.44. The molecule has 1 aliphatic heterocycles. The lowest BCUT2D eigenvalue weighted by atomic mass is 10.4. The van der Waals surface area contributed by atoms with Gasteiger partial charge in [-0.1, -0.05) is 0 Å². The maximum atomic E-state index is 10.9. The lowest BCUT2D eigenvalue weighted by Crippen LogP contribution is -2.44. The molecule has 1 aliphatic rings. The smallest absolute Gasteiger partial charge is 0.317 e. The summed E-state index contributed by atoms with van der Waals surface area (Å²) in [6.45, 7) is 3.72. The van der Waals surface area contributed by atoms with E-state index in [4.69, 9.17) is 10.2 Å². The topological polar surface area (TPSA) is 117 Å². The minimum Gasteiger partial charge on any atom is -0.480 e. The molecule has 1 heterocycles. The van der Waals surface area contributed by atoms with Crippen molar-refractivity contribution in [3.63, 3.8) is 0 Å². The van der Waals surface area contributed by atoms with Crippen LogP contribution in [0, 0.1) is 0 Å². The largest absolute Gasteiger partial charge is 0.480 e. The molecular formula is C13H26N4O5. The highest BCUT2D eigenvalue weighted by atomic mass is 16.4. The van der Waals surface area contributed by atoms with Crippen molar-refractivity contribution in [3.05, 3.63) is 0 Å². The third-order valence-electron chi connectivity index (χ3n) is 3.68. The van der Waals surface area contributed by atoms with Crippen molar-refractivity contribution in [2.24, 2.45) is 0 Å². The first-order chi connectivity index (χ1) is 10.4. The first kappa shape index (κ1) is 18.8. The Bertz CT molecular complexity index is 340. The summed E-state index contributed by atoms with van der Waals surface area (Å²) in [6, 6.07) is 0. The molecule has 0 spiro atoms. The van der Waals surface area contributed by atoms with Crippen molar-refractivity contribution in [1.82, 2.24) is 20.0 Å². The second-order valence-corrected chi connectivity index (χ2v) is 5.44. The standard InChI is InChI=1S/C13H26N4O5/c1-14-11(18)8-15-2-4-16(9-12(19)20)6-7-17(5-3-15)10-13(21)22/h11,14,18H,2-10H2,1H3,(H,19,20)(H,21,22). The van der Waals surface area contributed by atoms with Crippen molar-refractivity contribution in [3.8, 4) is 0 Å². The number of hydrogen-bond acceptors (Lipinski definition) is 7. The monoisotopic (exact) mass is 318 g/mol. The van der Waals surface area contributed by atoms with Crippen LogP contribution in [0.15, 0.2) is 0 Å². The molecule has 0 bridgehead atoms. The number of rotatable bonds is 7. The third kappa shape index (κ3) is 7.66. The van der Waals surface area contributed by atoms with Gasteiger partial charge in [0.15, 0.2) is 0 Å². The van der Waals surface area contributed by atoms with Crippen LogP contribution in [0.2, 0.25) is 0 Å². The highest BCUT2D eigenvalue weighted by Crippen LogP contribution is 2.01. The van der Waals surface area contributed by atoms with Crippen LogP contribution < -0.4 is 5.32 Å². The predicted molar refractivity (Wildman–Crippen MR) is 79.7 cm³/mol. The predicted octanol–water partition coefficient (Wildman–Crippen LogP) is -2.39.